The van der Waals surface area contributed by atoms with Gasteiger partial charge in [-0.2, -0.15) is 0 Å². The molecule has 1 amide bonds. The predicted molar refractivity (Wildman–Crippen MR) is 86.0 cm³/mol. The average Bonchev–Trinajstić information content (AvgIpc) is 2.52. The third-order valence-corrected chi connectivity index (χ3v) is 3.28. The van der Waals surface area contributed by atoms with Crippen molar-refractivity contribution in [3.05, 3.63) is 59.7 Å². The van der Waals surface area contributed by atoms with Crippen molar-refractivity contribution in [1.82, 2.24) is 5.32 Å². The first-order valence-corrected chi connectivity index (χ1v) is 7.20. The van der Waals surface area contributed by atoms with Gasteiger partial charge in [-0.15, -0.1) is 0 Å². The molecule has 4 nitrogen and oxygen atoms in total. The van der Waals surface area contributed by atoms with E-state index >= 15 is 0 Å². The van der Waals surface area contributed by atoms with Crippen molar-refractivity contribution >= 4 is 11.9 Å². The molecule has 114 valence electrons. The molecule has 0 aliphatic carbocycles. The lowest BCUT2D eigenvalue weighted by molar-refractivity contribution is 0.0692. The molecule has 2 aromatic carbocycles. The fourth-order valence-corrected chi connectivity index (χ4v) is 2.22. The Hall–Kier alpha value is -2.62. The number of carboxylic acid groups (broad SMARTS) is 1. The maximum Gasteiger partial charge on any atom is 0.337 e. The number of aromatic carboxylic acids is 1. The smallest absolute Gasteiger partial charge is 0.337 e. The largest absolute Gasteiger partial charge is 0.478 e. The minimum Gasteiger partial charge on any atom is -0.478 e. The summed E-state index contributed by atoms with van der Waals surface area (Å²) in [5.74, 6) is -1.16. The maximum atomic E-state index is 12.3. The second-order valence-electron chi connectivity index (χ2n) is 5.50. The molecule has 0 saturated carbocycles. The van der Waals surface area contributed by atoms with Crippen molar-refractivity contribution in [2.24, 2.45) is 5.92 Å². The summed E-state index contributed by atoms with van der Waals surface area (Å²) in [6.45, 7) is 4.48. The van der Waals surface area contributed by atoms with Crippen LogP contribution >= 0.6 is 0 Å². The van der Waals surface area contributed by atoms with E-state index < -0.39 is 5.97 Å². The molecule has 0 aliphatic rings. The van der Waals surface area contributed by atoms with Crippen LogP contribution in [0.4, 0.5) is 0 Å². The fourth-order valence-electron chi connectivity index (χ4n) is 2.22. The summed E-state index contributed by atoms with van der Waals surface area (Å²) >= 11 is 0. The van der Waals surface area contributed by atoms with Gasteiger partial charge in [-0.05, 0) is 23.1 Å². The van der Waals surface area contributed by atoms with Gasteiger partial charge in [0.1, 0.15) is 0 Å². The maximum absolute atomic E-state index is 12.3. The molecule has 0 heterocycles. The number of carbonyl (C=O) groups excluding carboxylic acids is 1. The number of benzene rings is 2. The zero-order valence-electron chi connectivity index (χ0n) is 12.7. The Balaban J connectivity index is 2.48. The fraction of sp³-hybridized carbons (Fsp3) is 0.222. The lowest BCUT2D eigenvalue weighted by Gasteiger charge is -2.13. The standard InChI is InChI=1S/C18H19NO3/c1-12(2)11-19-17(20)15-10-6-9-14(16(15)18(21)22)13-7-4-3-5-8-13/h3-10,12H,11H2,1-2H3,(H,19,20)(H,21,22). The Morgan fingerprint density at radius 3 is 2.32 bits per heavy atom. The Labute approximate surface area is 129 Å². The van der Waals surface area contributed by atoms with Gasteiger partial charge in [-0.1, -0.05) is 56.3 Å². The number of nitrogens with one attached hydrogen (secondary N) is 1. The van der Waals surface area contributed by atoms with Crippen molar-refractivity contribution in [3.63, 3.8) is 0 Å². The van der Waals surface area contributed by atoms with Gasteiger partial charge in [0.25, 0.3) is 5.91 Å². The molecule has 0 bridgehead atoms. The summed E-state index contributed by atoms with van der Waals surface area (Å²) in [5, 5.41) is 12.3. The Kier molecular flexibility index (Phi) is 4.94. The summed E-state index contributed by atoms with van der Waals surface area (Å²) in [6.07, 6.45) is 0. The van der Waals surface area contributed by atoms with E-state index in [9.17, 15) is 14.7 Å². The van der Waals surface area contributed by atoms with Crippen molar-refractivity contribution < 1.29 is 14.7 Å². The number of carboxylic acids is 1. The van der Waals surface area contributed by atoms with Gasteiger partial charge in [0.05, 0.1) is 11.1 Å². The van der Waals surface area contributed by atoms with Gasteiger partial charge >= 0.3 is 5.97 Å². The Bertz CT molecular complexity index is 678. The van der Waals surface area contributed by atoms with E-state index in [1.165, 1.54) is 0 Å². The van der Waals surface area contributed by atoms with Gasteiger partial charge in [-0.3, -0.25) is 4.79 Å². The molecule has 0 radical (unpaired) electrons. The summed E-state index contributed by atoms with van der Waals surface area (Å²) in [5.41, 5.74) is 1.55. The Morgan fingerprint density at radius 2 is 1.73 bits per heavy atom. The van der Waals surface area contributed by atoms with Gasteiger partial charge < -0.3 is 10.4 Å². The number of amides is 1. The van der Waals surface area contributed by atoms with E-state index in [1.807, 2.05) is 44.2 Å². The molecular weight excluding hydrogens is 278 g/mol. The lowest BCUT2D eigenvalue weighted by Crippen LogP contribution is -2.29. The van der Waals surface area contributed by atoms with Gasteiger partial charge in [0.15, 0.2) is 0 Å². The van der Waals surface area contributed by atoms with Crippen molar-refractivity contribution in [1.29, 1.82) is 0 Å². The highest BCUT2D eigenvalue weighted by Gasteiger charge is 2.21. The molecule has 0 unspecified atom stereocenters. The third kappa shape index (κ3) is 3.52. The normalized spacial score (nSPS) is 10.5. The number of hydrogen-bond acceptors (Lipinski definition) is 2. The molecule has 2 aromatic rings. The van der Waals surface area contributed by atoms with Crippen molar-refractivity contribution in [2.75, 3.05) is 6.54 Å². The summed E-state index contributed by atoms with van der Waals surface area (Å²) in [6, 6.07) is 14.2. The summed E-state index contributed by atoms with van der Waals surface area (Å²) in [7, 11) is 0. The molecule has 0 saturated heterocycles. The van der Waals surface area contributed by atoms with Gasteiger partial charge in [0.2, 0.25) is 0 Å². The monoisotopic (exact) mass is 297 g/mol. The topological polar surface area (TPSA) is 66.4 Å². The van der Waals surface area contributed by atoms with E-state index in [2.05, 4.69) is 5.32 Å². The van der Waals surface area contributed by atoms with E-state index in [-0.39, 0.29) is 17.0 Å². The van der Waals surface area contributed by atoms with Crippen LogP contribution in [0.15, 0.2) is 48.5 Å². The molecule has 4 heteroatoms. The van der Waals surface area contributed by atoms with Crippen molar-refractivity contribution in [2.45, 2.75) is 13.8 Å². The second kappa shape index (κ2) is 6.89. The average molecular weight is 297 g/mol. The van der Waals surface area contributed by atoms with Crippen LogP contribution in [0.3, 0.4) is 0 Å². The first-order chi connectivity index (χ1) is 10.5. The van der Waals surface area contributed by atoms with Crippen molar-refractivity contribution in [3.8, 4) is 11.1 Å². The highest BCUT2D eigenvalue weighted by Crippen LogP contribution is 2.26. The van der Waals surface area contributed by atoms with Crippen LogP contribution in [0.25, 0.3) is 11.1 Å². The van der Waals surface area contributed by atoms with Crippen LogP contribution in [-0.2, 0) is 0 Å². The first kappa shape index (κ1) is 15.8. The zero-order chi connectivity index (χ0) is 16.1. The van der Waals surface area contributed by atoms with Crippen LogP contribution in [0, 0.1) is 5.92 Å². The number of carbonyl (C=O) groups is 2. The van der Waals surface area contributed by atoms with E-state index in [1.54, 1.807) is 18.2 Å². The zero-order valence-corrected chi connectivity index (χ0v) is 12.7. The SMILES string of the molecule is CC(C)CNC(=O)c1cccc(-c2ccccc2)c1C(=O)O. The highest BCUT2D eigenvalue weighted by atomic mass is 16.4. The first-order valence-electron chi connectivity index (χ1n) is 7.20. The second-order valence-corrected chi connectivity index (χ2v) is 5.50. The minimum atomic E-state index is -1.10. The van der Waals surface area contributed by atoms with Crippen LogP contribution in [0.2, 0.25) is 0 Å². The van der Waals surface area contributed by atoms with Gasteiger partial charge in [0, 0.05) is 6.54 Å². The van der Waals surface area contributed by atoms with Gasteiger partial charge in [-0.25, -0.2) is 4.79 Å². The quantitative estimate of drug-likeness (QED) is 0.888. The van der Waals surface area contributed by atoms with Crippen LogP contribution in [0.1, 0.15) is 34.6 Å². The molecule has 2 rings (SSSR count). The molecular formula is C18H19NO3. The van der Waals surface area contributed by atoms with Crippen LogP contribution in [0.5, 0.6) is 0 Å². The third-order valence-electron chi connectivity index (χ3n) is 3.28. The van der Waals surface area contributed by atoms with E-state index in [4.69, 9.17) is 0 Å². The lowest BCUT2D eigenvalue weighted by atomic mass is 9.95. The molecule has 22 heavy (non-hydrogen) atoms. The molecule has 0 atom stereocenters. The number of hydrogen-bond donors (Lipinski definition) is 2. The van der Waals surface area contributed by atoms with Crippen LogP contribution in [-0.4, -0.2) is 23.5 Å². The Morgan fingerprint density at radius 1 is 1.05 bits per heavy atom. The highest BCUT2D eigenvalue weighted by molar-refractivity contribution is 6.08. The minimum absolute atomic E-state index is 0.0370. The molecule has 0 fully saturated rings. The molecule has 2 N–H and O–H groups in total. The summed E-state index contributed by atoms with van der Waals surface area (Å²) < 4.78 is 0. The predicted octanol–water partition coefficient (Wildman–Crippen LogP) is 3.44. The molecule has 0 spiro atoms. The number of rotatable bonds is 5. The van der Waals surface area contributed by atoms with E-state index in [0.29, 0.717) is 18.0 Å². The van der Waals surface area contributed by atoms with E-state index in [0.717, 1.165) is 5.56 Å². The molecule has 0 aromatic heterocycles. The molecule has 0 aliphatic heterocycles. The van der Waals surface area contributed by atoms with Crippen LogP contribution < -0.4 is 5.32 Å². The summed E-state index contributed by atoms with van der Waals surface area (Å²) in [4.78, 5) is 24.0.